The Kier molecular flexibility index (Phi) is 4.30. The van der Waals surface area contributed by atoms with Gasteiger partial charge in [-0.05, 0) is 37.5 Å². The highest BCUT2D eigenvalue weighted by atomic mass is 32.2. The predicted molar refractivity (Wildman–Crippen MR) is 98.1 cm³/mol. The van der Waals surface area contributed by atoms with Gasteiger partial charge in [-0.3, -0.25) is 14.2 Å². The van der Waals surface area contributed by atoms with Crippen LogP contribution in [0.1, 0.15) is 41.9 Å². The van der Waals surface area contributed by atoms with Gasteiger partial charge in [0.1, 0.15) is 5.82 Å². The topological polar surface area (TPSA) is 98.1 Å². The number of fused-ring (bicyclic) bond motifs is 2. The van der Waals surface area contributed by atoms with E-state index in [0.29, 0.717) is 29.4 Å². The Morgan fingerprint density at radius 3 is 2.85 bits per heavy atom. The van der Waals surface area contributed by atoms with Gasteiger partial charge < -0.3 is 5.32 Å². The van der Waals surface area contributed by atoms with Gasteiger partial charge in [0.2, 0.25) is 0 Å². The van der Waals surface area contributed by atoms with Crippen LogP contribution < -0.4 is 10.9 Å². The number of sulfone groups is 1. The second-order valence-corrected chi connectivity index (χ2v) is 9.33. The number of nitrogens with zero attached hydrogens (tertiary/aromatic N) is 2. The molecule has 138 valence electrons. The van der Waals surface area contributed by atoms with Crippen molar-refractivity contribution in [2.24, 2.45) is 0 Å². The third-order valence-corrected chi connectivity index (χ3v) is 6.91. The molecule has 2 aliphatic rings. The van der Waals surface area contributed by atoms with Crippen LogP contribution >= 0.6 is 0 Å². The molecule has 4 rings (SSSR count). The third kappa shape index (κ3) is 3.25. The van der Waals surface area contributed by atoms with Crippen LogP contribution in [0.2, 0.25) is 0 Å². The molecular weight excluding hydrogens is 354 g/mol. The zero-order valence-electron chi connectivity index (χ0n) is 14.4. The number of amides is 1. The minimum atomic E-state index is -3.05. The van der Waals surface area contributed by atoms with Crippen molar-refractivity contribution >= 4 is 26.6 Å². The monoisotopic (exact) mass is 375 g/mol. The van der Waals surface area contributed by atoms with E-state index in [4.69, 9.17) is 0 Å². The van der Waals surface area contributed by atoms with Crippen LogP contribution in [0.3, 0.4) is 0 Å². The summed E-state index contributed by atoms with van der Waals surface area (Å²) in [5, 5.41) is 3.28. The number of aromatic nitrogens is 2. The standard InChI is InChI=1S/C18H21N3O4S/c22-17(19-13-7-9-26(24,25)11-13)12-5-6-14-15(10-12)20-16-4-2-1-3-8-21(16)18(14)23/h5-6,10,13H,1-4,7-9,11H2,(H,19,22)/t13-/m0/s1. The average molecular weight is 375 g/mol. The van der Waals surface area contributed by atoms with Crippen molar-refractivity contribution in [1.82, 2.24) is 14.9 Å². The average Bonchev–Trinajstić information content (AvgIpc) is 2.80. The maximum absolute atomic E-state index is 12.7. The fourth-order valence-corrected chi connectivity index (χ4v) is 5.41. The first kappa shape index (κ1) is 17.2. The molecule has 0 saturated carbocycles. The highest BCUT2D eigenvalue weighted by Crippen LogP contribution is 2.17. The van der Waals surface area contributed by atoms with Crippen LogP contribution in [0.5, 0.6) is 0 Å². The van der Waals surface area contributed by atoms with Gasteiger partial charge in [0.15, 0.2) is 9.84 Å². The highest BCUT2D eigenvalue weighted by molar-refractivity contribution is 7.91. The Morgan fingerprint density at radius 2 is 2.08 bits per heavy atom. The molecule has 26 heavy (non-hydrogen) atoms. The van der Waals surface area contributed by atoms with E-state index in [2.05, 4.69) is 10.3 Å². The van der Waals surface area contributed by atoms with Gasteiger partial charge in [-0.1, -0.05) is 6.42 Å². The fourth-order valence-electron chi connectivity index (χ4n) is 3.74. The van der Waals surface area contributed by atoms with Crippen LogP contribution in [0.25, 0.3) is 10.9 Å². The number of benzene rings is 1. The van der Waals surface area contributed by atoms with Gasteiger partial charge in [0.25, 0.3) is 11.5 Å². The molecule has 1 amide bonds. The van der Waals surface area contributed by atoms with E-state index < -0.39 is 9.84 Å². The van der Waals surface area contributed by atoms with E-state index in [1.165, 1.54) is 0 Å². The van der Waals surface area contributed by atoms with Gasteiger partial charge in [0, 0.05) is 24.6 Å². The van der Waals surface area contributed by atoms with Crippen LogP contribution in [0.15, 0.2) is 23.0 Å². The molecule has 1 N–H and O–H groups in total. The molecule has 0 unspecified atom stereocenters. The van der Waals surface area contributed by atoms with Crippen molar-refractivity contribution in [3.05, 3.63) is 39.9 Å². The molecule has 0 radical (unpaired) electrons. The maximum atomic E-state index is 12.7. The van der Waals surface area contributed by atoms with E-state index in [0.717, 1.165) is 31.5 Å². The maximum Gasteiger partial charge on any atom is 0.261 e. The van der Waals surface area contributed by atoms with Gasteiger partial charge in [0.05, 0.1) is 22.4 Å². The molecule has 1 aromatic heterocycles. The summed E-state index contributed by atoms with van der Waals surface area (Å²) < 4.78 is 24.8. The van der Waals surface area contributed by atoms with E-state index in [-0.39, 0.29) is 29.0 Å². The van der Waals surface area contributed by atoms with Crippen LogP contribution in [-0.4, -0.2) is 41.4 Å². The number of aryl methyl sites for hydroxylation is 1. The van der Waals surface area contributed by atoms with Gasteiger partial charge in [-0.15, -0.1) is 0 Å². The van der Waals surface area contributed by atoms with Crippen molar-refractivity contribution < 1.29 is 13.2 Å². The van der Waals surface area contributed by atoms with Crippen molar-refractivity contribution in [2.75, 3.05) is 11.5 Å². The highest BCUT2D eigenvalue weighted by Gasteiger charge is 2.29. The fraction of sp³-hybridized carbons (Fsp3) is 0.500. The van der Waals surface area contributed by atoms with Gasteiger partial charge in [-0.25, -0.2) is 13.4 Å². The van der Waals surface area contributed by atoms with Crippen molar-refractivity contribution in [1.29, 1.82) is 0 Å². The lowest BCUT2D eigenvalue weighted by molar-refractivity contribution is 0.0941. The zero-order chi connectivity index (χ0) is 18.3. The Labute approximate surface area is 151 Å². The number of carbonyl (C=O) groups is 1. The normalized spacial score (nSPS) is 21.9. The summed E-state index contributed by atoms with van der Waals surface area (Å²) in [7, 11) is -3.05. The minimum Gasteiger partial charge on any atom is -0.348 e. The molecule has 0 spiro atoms. The van der Waals surface area contributed by atoms with Crippen molar-refractivity contribution in [2.45, 2.75) is 44.7 Å². The molecule has 2 aliphatic heterocycles. The number of nitrogens with one attached hydrogen (secondary N) is 1. The predicted octanol–water partition coefficient (Wildman–Crippen LogP) is 1.04. The Hall–Kier alpha value is -2.22. The summed E-state index contributed by atoms with van der Waals surface area (Å²) in [6.07, 6.45) is 4.27. The second-order valence-electron chi connectivity index (χ2n) is 7.10. The van der Waals surface area contributed by atoms with Gasteiger partial charge >= 0.3 is 0 Å². The lowest BCUT2D eigenvalue weighted by atomic mass is 10.1. The summed E-state index contributed by atoms with van der Waals surface area (Å²) in [6.45, 7) is 0.690. The summed E-state index contributed by atoms with van der Waals surface area (Å²) in [5.41, 5.74) is 0.864. The van der Waals surface area contributed by atoms with Crippen molar-refractivity contribution in [3.63, 3.8) is 0 Å². The Bertz CT molecular complexity index is 1040. The van der Waals surface area contributed by atoms with E-state index >= 15 is 0 Å². The van der Waals surface area contributed by atoms with Crippen LogP contribution in [-0.2, 0) is 22.8 Å². The summed E-state index contributed by atoms with van der Waals surface area (Å²) in [6, 6.07) is 4.52. The molecule has 0 bridgehead atoms. The first-order valence-corrected chi connectivity index (χ1v) is 10.8. The Morgan fingerprint density at radius 1 is 1.23 bits per heavy atom. The molecule has 1 aromatic carbocycles. The molecule has 1 atom stereocenters. The molecule has 2 aromatic rings. The molecule has 0 aliphatic carbocycles. The van der Waals surface area contributed by atoms with E-state index in [9.17, 15) is 18.0 Å². The van der Waals surface area contributed by atoms with E-state index in [1.54, 1.807) is 22.8 Å². The van der Waals surface area contributed by atoms with E-state index in [1.807, 2.05) is 0 Å². The third-order valence-electron chi connectivity index (χ3n) is 5.15. The number of hydrogen-bond acceptors (Lipinski definition) is 5. The smallest absolute Gasteiger partial charge is 0.261 e. The second kappa shape index (κ2) is 6.50. The van der Waals surface area contributed by atoms with Crippen molar-refractivity contribution in [3.8, 4) is 0 Å². The molecular formula is C18H21N3O4S. The molecule has 8 heteroatoms. The largest absolute Gasteiger partial charge is 0.348 e. The quantitative estimate of drug-likeness (QED) is 0.846. The van der Waals surface area contributed by atoms with Crippen LogP contribution in [0, 0.1) is 0 Å². The number of rotatable bonds is 2. The number of hydrogen-bond donors (Lipinski definition) is 1. The van der Waals surface area contributed by atoms with Crippen LogP contribution in [0.4, 0.5) is 0 Å². The lowest BCUT2D eigenvalue weighted by Crippen LogP contribution is -2.35. The van der Waals surface area contributed by atoms with Gasteiger partial charge in [-0.2, -0.15) is 0 Å². The number of carbonyl (C=O) groups excluding carboxylic acids is 1. The lowest BCUT2D eigenvalue weighted by Gasteiger charge is -2.13. The molecule has 1 fully saturated rings. The minimum absolute atomic E-state index is 0.0145. The summed E-state index contributed by atoms with van der Waals surface area (Å²) in [5.74, 6) is 0.546. The SMILES string of the molecule is O=C(N[C@H]1CCS(=O)(=O)C1)c1ccc2c(=O)n3c(nc2c1)CCCCC3. The summed E-state index contributed by atoms with van der Waals surface area (Å²) >= 11 is 0. The zero-order valence-corrected chi connectivity index (χ0v) is 15.2. The first-order chi connectivity index (χ1) is 12.4. The molecule has 1 saturated heterocycles. The summed E-state index contributed by atoms with van der Waals surface area (Å²) in [4.78, 5) is 29.8. The Balaban J connectivity index is 1.65. The first-order valence-electron chi connectivity index (χ1n) is 8.98. The molecule has 7 nitrogen and oxygen atoms in total. The molecule has 3 heterocycles.